The van der Waals surface area contributed by atoms with E-state index in [0.717, 1.165) is 22.5 Å². The van der Waals surface area contributed by atoms with Crippen LogP contribution >= 0.6 is 0 Å². The summed E-state index contributed by atoms with van der Waals surface area (Å²) in [6.07, 6.45) is 5.39. The Labute approximate surface area is 134 Å². The summed E-state index contributed by atoms with van der Waals surface area (Å²) in [5.41, 5.74) is 5.12. The Balaban J connectivity index is 1.98. The maximum atomic E-state index is 11.3. The van der Waals surface area contributed by atoms with Crippen molar-refractivity contribution in [2.45, 2.75) is 20.3 Å². The van der Waals surface area contributed by atoms with Gasteiger partial charge in [-0.25, -0.2) is 9.48 Å². The van der Waals surface area contributed by atoms with E-state index in [1.165, 1.54) is 12.3 Å². The van der Waals surface area contributed by atoms with Crippen LogP contribution < -0.4 is 0 Å². The minimum Gasteiger partial charge on any atom is -0.478 e. The third kappa shape index (κ3) is 2.85. The number of nitrogens with zero attached hydrogens (tertiary/aromatic N) is 3. The molecular weight excluding hydrogens is 290 g/mol. The Morgan fingerprint density at radius 2 is 1.91 bits per heavy atom. The minimum atomic E-state index is -0.939. The molecule has 5 nitrogen and oxygen atoms in total. The SMILES string of the molecule is Cc1ccccc1-n1ncc(Cc2cnccc2C(=O)O)c1C. The molecule has 0 atom stereocenters. The first-order valence-electron chi connectivity index (χ1n) is 7.33. The fourth-order valence-corrected chi connectivity index (χ4v) is 2.64. The van der Waals surface area contributed by atoms with Crippen LogP contribution in [-0.2, 0) is 6.42 Å². The lowest BCUT2D eigenvalue weighted by Gasteiger charge is -2.09. The molecule has 0 spiro atoms. The number of hydrogen-bond donors (Lipinski definition) is 1. The summed E-state index contributed by atoms with van der Waals surface area (Å²) in [7, 11) is 0. The quantitative estimate of drug-likeness (QED) is 0.804. The molecule has 0 aliphatic heterocycles. The Bertz CT molecular complexity index is 868. The molecule has 3 aromatic rings. The molecule has 23 heavy (non-hydrogen) atoms. The van der Waals surface area contributed by atoms with Crippen LogP contribution in [0, 0.1) is 13.8 Å². The van der Waals surface area contributed by atoms with E-state index in [1.54, 1.807) is 12.4 Å². The molecule has 2 aromatic heterocycles. The maximum absolute atomic E-state index is 11.3. The van der Waals surface area contributed by atoms with Gasteiger partial charge in [-0.3, -0.25) is 4.98 Å². The van der Waals surface area contributed by atoms with Crippen molar-refractivity contribution in [3.8, 4) is 5.69 Å². The molecule has 0 unspecified atom stereocenters. The second-order valence-corrected chi connectivity index (χ2v) is 5.47. The van der Waals surface area contributed by atoms with Gasteiger partial charge in [-0.2, -0.15) is 5.10 Å². The predicted molar refractivity (Wildman–Crippen MR) is 87.0 cm³/mol. The molecule has 1 N–H and O–H groups in total. The predicted octanol–water partition coefficient (Wildman–Crippen LogP) is 3.17. The number of aromatic carboxylic acids is 1. The largest absolute Gasteiger partial charge is 0.478 e. The lowest BCUT2D eigenvalue weighted by atomic mass is 10.0. The summed E-state index contributed by atoms with van der Waals surface area (Å²) in [5.74, 6) is -0.939. The maximum Gasteiger partial charge on any atom is 0.336 e. The number of carbonyl (C=O) groups is 1. The van der Waals surface area contributed by atoms with Crippen molar-refractivity contribution >= 4 is 5.97 Å². The first-order chi connectivity index (χ1) is 11.1. The number of para-hydroxylation sites is 1. The summed E-state index contributed by atoms with van der Waals surface area (Å²) in [4.78, 5) is 15.4. The molecule has 0 radical (unpaired) electrons. The van der Waals surface area contributed by atoms with E-state index in [2.05, 4.69) is 10.1 Å². The van der Waals surface area contributed by atoms with E-state index in [-0.39, 0.29) is 5.56 Å². The highest BCUT2D eigenvalue weighted by Gasteiger charge is 2.14. The van der Waals surface area contributed by atoms with E-state index in [0.29, 0.717) is 12.0 Å². The molecule has 0 aliphatic carbocycles. The van der Waals surface area contributed by atoms with Crippen LogP contribution in [0.25, 0.3) is 5.69 Å². The Hall–Kier alpha value is -2.95. The summed E-state index contributed by atoms with van der Waals surface area (Å²) in [6.45, 7) is 4.03. The van der Waals surface area contributed by atoms with Crippen molar-refractivity contribution in [2.75, 3.05) is 0 Å². The summed E-state index contributed by atoms with van der Waals surface area (Å²) < 4.78 is 1.89. The lowest BCUT2D eigenvalue weighted by Crippen LogP contribution is -2.05. The van der Waals surface area contributed by atoms with Gasteiger partial charge in [-0.05, 0) is 42.7 Å². The van der Waals surface area contributed by atoms with Gasteiger partial charge in [0.2, 0.25) is 0 Å². The van der Waals surface area contributed by atoms with Gasteiger partial charge in [0.25, 0.3) is 0 Å². The van der Waals surface area contributed by atoms with Gasteiger partial charge in [0.15, 0.2) is 0 Å². The molecule has 0 bridgehead atoms. The zero-order chi connectivity index (χ0) is 16.4. The van der Waals surface area contributed by atoms with Crippen molar-refractivity contribution in [2.24, 2.45) is 0 Å². The highest BCUT2D eigenvalue weighted by molar-refractivity contribution is 5.89. The van der Waals surface area contributed by atoms with E-state index in [9.17, 15) is 9.90 Å². The molecular formula is C18H17N3O2. The van der Waals surface area contributed by atoms with Gasteiger partial charge < -0.3 is 5.11 Å². The first kappa shape index (κ1) is 15.0. The van der Waals surface area contributed by atoms with Crippen LogP contribution in [0.4, 0.5) is 0 Å². The van der Waals surface area contributed by atoms with E-state index in [4.69, 9.17) is 0 Å². The Morgan fingerprint density at radius 1 is 1.13 bits per heavy atom. The van der Waals surface area contributed by atoms with Gasteiger partial charge in [-0.15, -0.1) is 0 Å². The molecule has 0 fully saturated rings. The Morgan fingerprint density at radius 3 is 2.65 bits per heavy atom. The monoisotopic (exact) mass is 307 g/mol. The standard InChI is InChI=1S/C18H17N3O2/c1-12-5-3-4-6-17(12)21-13(2)14(11-20-21)9-15-10-19-8-7-16(15)18(22)23/h3-8,10-11H,9H2,1-2H3,(H,22,23). The smallest absolute Gasteiger partial charge is 0.336 e. The Kier molecular flexibility index (Phi) is 3.93. The van der Waals surface area contributed by atoms with Gasteiger partial charge >= 0.3 is 5.97 Å². The highest BCUT2D eigenvalue weighted by atomic mass is 16.4. The number of carboxylic acid groups (broad SMARTS) is 1. The number of carboxylic acids is 1. The zero-order valence-corrected chi connectivity index (χ0v) is 13.0. The van der Waals surface area contributed by atoms with Crippen molar-refractivity contribution in [3.63, 3.8) is 0 Å². The molecule has 0 aliphatic rings. The van der Waals surface area contributed by atoms with Gasteiger partial charge in [-0.1, -0.05) is 18.2 Å². The fraction of sp³-hybridized carbons (Fsp3) is 0.167. The first-order valence-corrected chi connectivity index (χ1v) is 7.33. The number of rotatable bonds is 4. The molecule has 0 saturated carbocycles. The molecule has 116 valence electrons. The molecule has 0 saturated heterocycles. The lowest BCUT2D eigenvalue weighted by molar-refractivity contribution is 0.0695. The van der Waals surface area contributed by atoms with Crippen LogP contribution in [0.15, 0.2) is 48.9 Å². The van der Waals surface area contributed by atoms with Crippen molar-refractivity contribution < 1.29 is 9.90 Å². The second-order valence-electron chi connectivity index (χ2n) is 5.47. The average Bonchev–Trinajstić information content (AvgIpc) is 2.89. The molecule has 2 heterocycles. The normalized spacial score (nSPS) is 10.7. The number of benzene rings is 1. The second kappa shape index (κ2) is 6.04. The number of pyridine rings is 1. The summed E-state index contributed by atoms with van der Waals surface area (Å²) in [6, 6.07) is 9.56. The van der Waals surface area contributed by atoms with Gasteiger partial charge in [0.1, 0.15) is 0 Å². The summed E-state index contributed by atoms with van der Waals surface area (Å²) in [5, 5.41) is 13.8. The van der Waals surface area contributed by atoms with Gasteiger partial charge in [0.05, 0.1) is 17.4 Å². The average molecular weight is 307 g/mol. The number of aryl methyl sites for hydroxylation is 1. The third-order valence-electron chi connectivity index (χ3n) is 3.97. The summed E-state index contributed by atoms with van der Waals surface area (Å²) >= 11 is 0. The third-order valence-corrected chi connectivity index (χ3v) is 3.97. The van der Waals surface area contributed by atoms with Crippen LogP contribution in [0.2, 0.25) is 0 Å². The van der Waals surface area contributed by atoms with Crippen LogP contribution in [0.5, 0.6) is 0 Å². The number of hydrogen-bond acceptors (Lipinski definition) is 3. The molecule has 1 aromatic carbocycles. The van der Waals surface area contributed by atoms with E-state index in [1.807, 2.05) is 42.8 Å². The topological polar surface area (TPSA) is 68.0 Å². The highest BCUT2D eigenvalue weighted by Crippen LogP contribution is 2.20. The van der Waals surface area contributed by atoms with Crippen LogP contribution in [0.1, 0.15) is 32.7 Å². The van der Waals surface area contributed by atoms with Crippen LogP contribution in [-0.4, -0.2) is 25.8 Å². The molecule has 3 rings (SSSR count). The minimum absolute atomic E-state index is 0.281. The fourth-order valence-electron chi connectivity index (χ4n) is 2.64. The van der Waals surface area contributed by atoms with Gasteiger partial charge in [0, 0.05) is 24.5 Å². The number of aromatic nitrogens is 3. The van der Waals surface area contributed by atoms with Crippen molar-refractivity contribution in [1.29, 1.82) is 0 Å². The molecule has 5 heteroatoms. The van der Waals surface area contributed by atoms with E-state index >= 15 is 0 Å². The molecule has 0 amide bonds. The van der Waals surface area contributed by atoms with Crippen LogP contribution in [0.3, 0.4) is 0 Å². The van der Waals surface area contributed by atoms with E-state index < -0.39 is 5.97 Å². The van der Waals surface area contributed by atoms with Crippen molar-refractivity contribution in [1.82, 2.24) is 14.8 Å². The zero-order valence-electron chi connectivity index (χ0n) is 13.0. The van der Waals surface area contributed by atoms with Crippen molar-refractivity contribution in [3.05, 3.63) is 76.9 Å².